The van der Waals surface area contributed by atoms with Crippen molar-refractivity contribution in [2.24, 2.45) is 11.8 Å². The van der Waals surface area contributed by atoms with E-state index in [2.05, 4.69) is 34.7 Å². The Kier molecular flexibility index (Phi) is 4.82. The van der Waals surface area contributed by atoms with Crippen molar-refractivity contribution in [2.75, 3.05) is 19.6 Å². The zero-order chi connectivity index (χ0) is 13.1. The van der Waals surface area contributed by atoms with E-state index in [4.69, 9.17) is 0 Å². The molecule has 3 heteroatoms. The molecule has 0 radical (unpaired) electrons. The fourth-order valence-electron chi connectivity index (χ4n) is 2.59. The first-order valence-electron chi connectivity index (χ1n) is 6.72. The lowest BCUT2D eigenvalue weighted by Crippen LogP contribution is -2.23. The highest BCUT2D eigenvalue weighted by Gasteiger charge is 2.25. The van der Waals surface area contributed by atoms with E-state index in [0.29, 0.717) is 0 Å². The van der Waals surface area contributed by atoms with Gasteiger partial charge in [0.05, 0.1) is 6.10 Å². The lowest BCUT2D eigenvalue weighted by Gasteiger charge is -2.18. The van der Waals surface area contributed by atoms with E-state index >= 15 is 0 Å². The maximum absolute atomic E-state index is 10.2. The minimum absolute atomic E-state index is 0.343. The molecule has 100 valence electrons. The predicted octanol–water partition coefficient (Wildman–Crippen LogP) is 3.46. The van der Waals surface area contributed by atoms with Crippen molar-refractivity contribution >= 4 is 15.9 Å². The van der Waals surface area contributed by atoms with Crippen molar-refractivity contribution in [3.05, 3.63) is 34.3 Å². The highest BCUT2D eigenvalue weighted by molar-refractivity contribution is 9.10. The second-order valence-electron chi connectivity index (χ2n) is 5.57. The molecule has 2 nitrogen and oxygen atoms in total. The van der Waals surface area contributed by atoms with Gasteiger partial charge in [0.25, 0.3) is 0 Å². The summed E-state index contributed by atoms with van der Waals surface area (Å²) < 4.78 is 1.06. The minimum Gasteiger partial charge on any atom is -0.388 e. The Labute approximate surface area is 118 Å². The molecule has 1 aromatic rings. The number of rotatable bonds is 4. The van der Waals surface area contributed by atoms with E-state index in [0.717, 1.165) is 34.8 Å². The molecule has 0 bridgehead atoms. The van der Waals surface area contributed by atoms with Crippen molar-refractivity contribution < 1.29 is 5.11 Å². The summed E-state index contributed by atoms with van der Waals surface area (Å²) in [6.07, 6.45) is 0.477. The summed E-state index contributed by atoms with van der Waals surface area (Å²) >= 11 is 3.41. The van der Waals surface area contributed by atoms with Gasteiger partial charge in [0.1, 0.15) is 0 Å². The second kappa shape index (κ2) is 6.18. The monoisotopic (exact) mass is 311 g/mol. The van der Waals surface area contributed by atoms with E-state index in [9.17, 15) is 5.11 Å². The maximum Gasteiger partial charge on any atom is 0.0802 e. The number of halogens is 1. The number of nitrogens with zero attached hydrogens (tertiary/aromatic N) is 1. The molecular formula is C15H22BrNO. The quantitative estimate of drug-likeness (QED) is 0.920. The smallest absolute Gasteiger partial charge is 0.0802 e. The van der Waals surface area contributed by atoms with Crippen LogP contribution in [0.4, 0.5) is 0 Å². The van der Waals surface area contributed by atoms with Crippen LogP contribution in [0.25, 0.3) is 0 Å². The third-order valence-corrected chi connectivity index (χ3v) is 4.57. The Hall–Kier alpha value is -0.380. The summed E-state index contributed by atoms with van der Waals surface area (Å²) in [6.45, 7) is 7.97. The predicted molar refractivity (Wildman–Crippen MR) is 78.5 cm³/mol. The van der Waals surface area contributed by atoms with Gasteiger partial charge in [-0.1, -0.05) is 41.9 Å². The lowest BCUT2D eigenvalue weighted by molar-refractivity contribution is 0.147. The van der Waals surface area contributed by atoms with Gasteiger partial charge in [-0.25, -0.2) is 0 Å². The van der Waals surface area contributed by atoms with Gasteiger partial charge in [-0.2, -0.15) is 0 Å². The van der Waals surface area contributed by atoms with Crippen molar-refractivity contribution in [3.8, 4) is 0 Å². The Morgan fingerprint density at radius 1 is 1.22 bits per heavy atom. The Balaban J connectivity index is 1.81. The van der Waals surface area contributed by atoms with Crippen LogP contribution in [0, 0.1) is 11.8 Å². The molecule has 0 aromatic heterocycles. The number of aliphatic hydroxyl groups excluding tert-OH is 1. The number of hydrogen-bond acceptors (Lipinski definition) is 2. The van der Waals surface area contributed by atoms with Crippen LogP contribution in [-0.4, -0.2) is 29.6 Å². The molecule has 1 aromatic carbocycles. The standard InChI is InChI=1S/C15H22BrNO/c1-11-9-17(10-12(11)2)8-7-15(18)13-3-5-14(16)6-4-13/h3-6,11-12,15,18H,7-10H2,1-2H3. The molecule has 18 heavy (non-hydrogen) atoms. The highest BCUT2D eigenvalue weighted by Crippen LogP contribution is 2.24. The molecule has 0 amide bonds. The highest BCUT2D eigenvalue weighted by atomic mass is 79.9. The van der Waals surface area contributed by atoms with Crippen molar-refractivity contribution in [2.45, 2.75) is 26.4 Å². The summed E-state index contributed by atoms with van der Waals surface area (Å²) in [4.78, 5) is 2.47. The van der Waals surface area contributed by atoms with Gasteiger partial charge in [-0.3, -0.25) is 0 Å². The third-order valence-electron chi connectivity index (χ3n) is 4.04. The first-order valence-corrected chi connectivity index (χ1v) is 7.51. The average molecular weight is 312 g/mol. The molecule has 1 fully saturated rings. The van der Waals surface area contributed by atoms with Gasteiger partial charge >= 0.3 is 0 Å². The lowest BCUT2D eigenvalue weighted by atomic mass is 10.0. The summed E-state index contributed by atoms with van der Waals surface area (Å²) in [7, 11) is 0. The van der Waals surface area contributed by atoms with E-state index in [1.807, 2.05) is 24.3 Å². The van der Waals surface area contributed by atoms with E-state index in [-0.39, 0.29) is 6.10 Å². The van der Waals surface area contributed by atoms with Gasteiger partial charge in [0, 0.05) is 24.1 Å². The molecule has 1 aliphatic rings. The molecule has 0 aliphatic carbocycles. The molecule has 3 unspecified atom stereocenters. The number of benzene rings is 1. The topological polar surface area (TPSA) is 23.5 Å². The Bertz CT molecular complexity index is 369. The molecule has 1 saturated heterocycles. The molecule has 0 spiro atoms. The summed E-state index contributed by atoms with van der Waals surface area (Å²) in [5.74, 6) is 1.57. The van der Waals surface area contributed by atoms with Crippen LogP contribution in [-0.2, 0) is 0 Å². The SMILES string of the molecule is CC1CN(CCC(O)c2ccc(Br)cc2)CC1C. The van der Waals surface area contributed by atoms with Crippen LogP contribution < -0.4 is 0 Å². The van der Waals surface area contributed by atoms with E-state index in [1.165, 1.54) is 13.1 Å². The zero-order valence-corrected chi connectivity index (χ0v) is 12.7. The fraction of sp³-hybridized carbons (Fsp3) is 0.600. The average Bonchev–Trinajstić information content (AvgIpc) is 2.67. The molecule has 1 N–H and O–H groups in total. The van der Waals surface area contributed by atoms with Crippen LogP contribution in [0.5, 0.6) is 0 Å². The number of hydrogen-bond donors (Lipinski definition) is 1. The summed E-state index contributed by atoms with van der Waals surface area (Å²) in [6, 6.07) is 7.95. The van der Waals surface area contributed by atoms with Crippen LogP contribution in [0.15, 0.2) is 28.7 Å². The Morgan fingerprint density at radius 2 is 1.78 bits per heavy atom. The maximum atomic E-state index is 10.2. The summed E-state index contributed by atoms with van der Waals surface area (Å²) in [5.41, 5.74) is 1.01. The van der Waals surface area contributed by atoms with Crippen LogP contribution in [0.1, 0.15) is 31.9 Å². The summed E-state index contributed by atoms with van der Waals surface area (Å²) in [5, 5.41) is 10.2. The van der Waals surface area contributed by atoms with Crippen LogP contribution in [0.3, 0.4) is 0 Å². The fourth-order valence-corrected chi connectivity index (χ4v) is 2.85. The number of aliphatic hydroxyl groups is 1. The van der Waals surface area contributed by atoms with E-state index < -0.39 is 0 Å². The molecule has 1 heterocycles. The van der Waals surface area contributed by atoms with Crippen LogP contribution in [0.2, 0.25) is 0 Å². The van der Waals surface area contributed by atoms with Crippen LogP contribution >= 0.6 is 15.9 Å². The van der Waals surface area contributed by atoms with Gasteiger partial charge in [0.2, 0.25) is 0 Å². The third kappa shape index (κ3) is 3.56. The largest absolute Gasteiger partial charge is 0.388 e. The molecule has 1 aliphatic heterocycles. The minimum atomic E-state index is -0.343. The van der Waals surface area contributed by atoms with Gasteiger partial charge < -0.3 is 10.0 Å². The van der Waals surface area contributed by atoms with Crippen molar-refractivity contribution in [1.29, 1.82) is 0 Å². The van der Waals surface area contributed by atoms with Gasteiger partial charge in [0.15, 0.2) is 0 Å². The Morgan fingerprint density at radius 3 is 2.33 bits per heavy atom. The van der Waals surface area contributed by atoms with Gasteiger partial charge in [-0.05, 0) is 36.0 Å². The molecule has 0 saturated carbocycles. The molecular weight excluding hydrogens is 290 g/mol. The number of likely N-dealkylation sites (tertiary alicyclic amines) is 1. The zero-order valence-electron chi connectivity index (χ0n) is 11.1. The second-order valence-corrected chi connectivity index (χ2v) is 6.49. The molecule has 3 atom stereocenters. The van der Waals surface area contributed by atoms with Crippen molar-refractivity contribution in [1.82, 2.24) is 4.90 Å². The van der Waals surface area contributed by atoms with E-state index in [1.54, 1.807) is 0 Å². The van der Waals surface area contributed by atoms with Crippen molar-refractivity contribution in [3.63, 3.8) is 0 Å². The normalized spacial score (nSPS) is 26.4. The first kappa shape index (κ1) is 14.0. The first-order chi connectivity index (χ1) is 8.56. The molecule has 2 rings (SSSR count). The van der Waals surface area contributed by atoms with Gasteiger partial charge in [-0.15, -0.1) is 0 Å².